The van der Waals surface area contributed by atoms with Crippen LogP contribution in [0.5, 0.6) is 0 Å². The molecule has 0 aromatic carbocycles. The van der Waals surface area contributed by atoms with Crippen molar-refractivity contribution in [3.63, 3.8) is 0 Å². The Kier molecular flexibility index (Phi) is 8.97. The molecule has 1 aromatic rings. The number of hydrogen-bond donors (Lipinski definition) is 3. The van der Waals surface area contributed by atoms with Gasteiger partial charge in [0.05, 0.1) is 0 Å². The van der Waals surface area contributed by atoms with Crippen LogP contribution in [-0.2, 0) is 4.79 Å². The third-order valence-corrected chi connectivity index (χ3v) is 5.75. The molecule has 1 aliphatic carbocycles. The van der Waals surface area contributed by atoms with Gasteiger partial charge in [-0.25, -0.2) is 0 Å². The second kappa shape index (κ2) is 10.7. The molecule has 1 amide bonds. The zero-order valence-corrected chi connectivity index (χ0v) is 18.0. The molecular weight excluding hydrogens is 433 g/mol. The third kappa shape index (κ3) is 8.01. The molecule has 0 radical (unpaired) electrons. The fraction of sp³-hybridized carbons (Fsp3) is 0.529. The van der Waals surface area contributed by atoms with Crippen LogP contribution in [0.4, 0.5) is 0 Å². The van der Waals surface area contributed by atoms with Gasteiger partial charge in [0, 0.05) is 17.0 Å². The van der Waals surface area contributed by atoms with E-state index in [-0.39, 0.29) is 5.91 Å². The molecule has 0 bridgehead atoms. The Morgan fingerprint density at radius 2 is 1.92 bits per heavy atom. The summed E-state index contributed by atoms with van der Waals surface area (Å²) in [5.74, 6) is -0.375. The lowest BCUT2D eigenvalue weighted by Gasteiger charge is -2.28. The second-order valence-electron chi connectivity index (χ2n) is 6.14. The van der Waals surface area contributed by atoms with Crippen molar-refractivity contribution in [1.29, 1.82) is 0 Å². The van der Waals surface area contributed by atoms with Crippen LogP contribution < -0.4 is 16.0 Å². The van der Waals surface area contributed by atoms with Gasteiger partial charge in [-0.1, -0.05) is 66.6 Å². The molecule has 2 rings (SSSR count). The Bertz CT molecular complexity index is 609. The highest BCUT2D eigenvalue weighted by Gasteiger charge is 2.34. The van der Waals surface area contributed by atoms with Crippen molar-refractivity contribution in [3.05, 3.63) is 28.5 Å². The number of amides is 1. The van der Waals surface area contributed by atoms with Crippen LogP contribution in [0.1, 0.15) is 43.4 Å². The first-order chi connectivity index (χ1) is 12.3. The van der Waals surface area contributed by atoms with E-state index in [1.807, 2.05) is 17.5 Å². The number of halogens is 3. The number of hydrogen-bond acceptors (Lipinski definition) is 3. The number of carbonyl (C=O) groups excluding carboxylic acids is 1. The molecule has 26 heavy (non-hydrogen) atoms. The van der Waals surface area contributed by atoms with E-state index in [1.54, 1.807) is 6.08 Å². The summed E-state index contributed by atoms with van der Waals surface area (Å²) in [5, 5.41) is 11.1. The van der Waals surface area contributed by atoms with Gasteiger partial charge in [-0.3, -0.25) is 4.79 Å². The van der Waals surface area contributed by atoms with Gasteiger partial charge in [0.2, 0.25) is 9.70 Å². The quantitative estimate of drug-likeness (QED) is 0.197. The lowest BCUT2D eigenvalue weighted by Crippen LogP contribution is -2.58. The Morgan fingerprint density at radius 1 is 1.23 bits per heavy atom. The summed E-state index contributed by atoms with van der Waals surface area (Å²) in [6.07, 6.45) is 9.15. The maximum Gasteiger partial charge on any atom is 0.245 e. The van der Waals surface area contributed by atoms with Crippen LogP contribution in [0, 0.1) is 0 Å². The van der Waals surface area contributed by atoms with Crippen LogP contribution in [-0.4, -0.2) is 27.0 Å². The first-order valence-corrected chi connectivity index (χ1v) is 10.9. The molecule has 3 N–H and O–H groups in total. The average molecular weight is 455 g/mol. The number of thiophene rings is 1. The summed E-state index contributed by atoms with van der Waals surface area (Å²) in [6.45, 7) is 0. The summed E-state index contributed by atoms with van der Waals surface area (Å²) < 4.78 is -1.75. The summed E-state index contributed by atoms with van der Waals surface area (Å²) in [5.41, 5.74) is 0. The fourth-order valence-electron chi connectivity index (χ4n) is 2.72. The van der Waals surface area contributed by atoms with Crippen LogP contribution in [0.2, 0.25) is 0 Å². The van der Waals surface area contributed by atoms with Crippen molar-refractivity contribution in [1.82, 2.24) is 16.0 Å². The second-order valence-corrected chi connectivity index (χ2v) is 9.89. The van der Waals surface area contributed by atoms with Crippen LogP contribution in [0.15, 0.2) is 23.6 Å². The van der Waals surface area contributed by atoms with E-state index in [2.05, 4.69) is 16.0 Å². The fourth-order valence-corrected chi connectivity index (χ4v) is 3.95. The summed E-state index contributed by atoms with van der Waals surface area (Å²) in [6, 6.07) is 4.12. The maximum atomic E-state index is 12.1. The molecular formula is C17H22Cl3N3OS2. The molecule has 1 aromatic heterocycles. The van der Waals surface area contributed by atoms with Crippen molar-refractivity contribution in [3.8, 4) is 0 Å². The van der Waals surface area contributed by atoms with E-state index in [1.165, 1.54) is 43.1 Å². The van der Waals surface area contributed by atoms with E-state index in [4.69, 9.17) is 47.0 Å². The normalized spacial score (nSPS) is 17.5. The lowest BCUT2D eigenvalue weighted by molar-refractivity contribution is -0.117. The molecule has 9 heteroatoms. The van der Waals surface area contributed by atoms with Crippen LogP contribution in [0.25, 0.3) is 6.08 Å². The van der Waals surface area contributed by atoms with Crippen molar-refractivity contribution >= 4 is 75.5 Å². The molecule has 0 aliphatic heterocycles. The molecule has 1 atom stereocenters. The highest BCUT2D eigenvalue weighted by atomic mass is 35.6. The van der Waals surface area contributed by atoms with E-state index in [0.29, 0.717) is 11.2 Å². The Hall–Kier alpha value is -0.530. The van der Waals surface area contributed by atoms with Crippen LogP contribution in [0.3, 0.4) is 0 Å². The Balaban J connectivity index is 1.89. The number of carbonyl (C=O) groups is 1. The Morgan fingerprint density at radius 3 is 2.50 bits per heavy atom. The van der Waals surface area contributed by atoms with Gasteiger partial charge in [-0.05, 0) is 42.6 Å². The van der Waals surface area contributed by atoms with Gasteiger partial charge in [-0.15, -0.1) is 11.3 Å². The number of nitrogens with one attached hydrogen (secondary N) is 3. The highest BCUT2D eigenvalue weighted by Crippen LogP contribution is 2.29. The van der Waals surface area contributed by atoms with Gasteiger partial charge < -0.3 is 16.0 Å². The largest absolute Gasteiger partial charge is 0.360 e. The standard InChI is InChI=1S/C17H22Cl3N3OS2/c18-17(19,20)15(22-14(24)10-9-13-8-5-11-26-13)23-16(25)21-12-6-3-1-2-4-7-12/h5,8-12,15H,1-4,6-7H2,(H,22,24)(H2,21,23,25). The molecule has 1 unspecified atom stereocenters. The summed E-state index contributed by atoms with van der Waals surface area (Å²) in [7, 11) is 0. The molecule has 144 valence electrons. The molecule has 0 saturated heterocycles. The number of thiocarbonyl (C=S) groups is 1. The minimum atomic E-state index is -1.75. The van der Waals surface area contributed by atoms with Crippen molar-refractivity contribution in [2.24, 2.45) is 0 Å². The third-order valence-electron chi connectivity index (χ3n) is 4.02. The van der Waals surface area contributed by atoms with Gasteiger partial charge >= 0.3 is 0 Å². The van der Waals surface area contributed by atoms with Crippen molar-refractivity contribution in [2.45, 2.75) is 54.5 Å². The molecule has 4 nitrogen and oxygen atoms in total. The predicted octanol–water partition coefficient (Wildman–Crippen LogP) is 4.76. The highest BCUT2D eigenvalue weighted by molar-refractivity contribution is 7.80. The molecule has 1 aliphatic rings. The molecule has 1 saturated carbocycles. The van der Waals surface area contributed by atoms with Gasteiger partial charge in [0.1, 0.15) is 6.17 Å². The van der Waals surface area contributed by atoms with Crippen molar-refractivity contribution in [2.75, 3.05) is 0 Å². The van der Waals surface area contributed by atoms with Crippen molar-refractivity contribution < 1.29 is 4.79 Å². The number of alkyl halides is 3. The lowest BCUT2D eigenvalue weighted by atomic mass is 10.1. The SMILES string of the molecule is O=C(C=Cc1cccs1)NC(NC(=S)NC1CCCCCC1)C(Cl)(Cl)Cl. The van der Waals surface area contributed by atoms with E-state index in [9.17, 15) is 4.79 Å². The molecule has 0 spiro atoms. The van der Waals surface area contributed by atoms with Gasteiger partial charge in [-0.2, -0.15) is 0 Å². The first-order valence-electron chi connectivity index (χ1n) is 8.50. The van der Waals surface area contributed by atoms with Gasteiger partial charge in [0.25, 0.3) is 0 Å². The number of rotatable bonds is 5. The monoisotopic (exact) mass is 453 g/mol. The van der Waals surface area contributed by atoms with Crippen LogP contribution >= 0.6 is 58.4 Å². The molecule has 1 fully saturated rings. The topological polar surface area (TPSA) is 53.2 Å². The van der Waals surface area contributed by atoms with E-state index >= 15 is 0 Å². The predicted molar refractivity (Wildman–Crippen MR) is 116 cm³/mol. The molecule has 1 heterocycles. The summed E-state index contributed by atoms with van der Waals surface area (Å²) >= 11 is 24.9. The van der Waals surface area contributed by atoms with Gasteiger partial charge in [0.15, 0.2) is 5.11 Å². The zero-order chi connectivity index (χ0) is 19.0. The van der Waals surface area contributed by atoms with E-state index < -0.39 is 9.96 Å². The first kappa shape index (κ1) is 21.8. The Labute approximate surface area is 178 Å². The zero-order valence-electron chi connectivity index (χ0n) is 14.1. The van der Waals surface area contributed by atoms with E-state index in [0.717, 1.165) is 17.7 Å². The minimum absolute atomic E-state index is 0.308. The smallest absolute Gasteiger partial charge is 0.245 e. The minimum Gasteiger partial charge on any atom is -0.360 e. The average Bonchev–Trinajstić information content (AvgIpc) is 2.95. The summed E-state index contributed by atoms with van der Waals surface area (Å²) in [4.78, 5) is 13.1. The maximum absolute atomic E-state index is 12.1.